The number of nitrogens with zero attached hydrogens (tertiary/aromatic N) is 1. The molecule has 0 saturated heterocycles. The first-order chi connectivity index (χ1) is 11.2. The van der Waals surface area contributed by atoms with Gasteiger partial charge in [-0.2, -0.15) is 0 Å². The Hall–Kier alpha value is -0.941. The third-order valence-corrected chi connectivity index (χ3v) is 7.41. The van der Waals surface area contributed by atoms with Crippen molar-refractivity contribution in [1.82, 2.24) is 9.97 Å². The van der Waals surface area contributed by atoms with Crippen LogP contribution in [0, 0.1) is 4.77 Å². The third kappa shape index (κ3) is 3.18. The minimum atomic E-state index is 0.341. The molecule has 0 unspecified atom stereocenters. The van der Waals surface area contributed by atoms with Gasteiger partial charge in [-0.1, -0.05) is 0 Å². The second-order valence-corrected chi connectivity index (χ2v) is 9.37. The number of rotatable bonds is 2. The van der Waals surface area contributed by atoms with Crippen LogP contribution in [0.3, 0.4) is 0 Å². The average Bonchev–Trinajstić information content (AvgIpc) is 2.71. The van der Waals surface area contributed by atoms with E-state index in [1.807, 2.05) is 12.1 Å². The summed E-state index contributed by atoms with van der Waals surface area (Å²) in [4.78, 5) is 7.90. The Morgan fingerprint density at radius 1 is 1.13 bits per heavy atom. The number of aromatic nitrogens is 2. The SMILES string of the molecule is S=c1nc2[se]c3c(c2c(Nc2ccc(Br)cc2)[nH]1)CCCCC3. The van der Waals surface area contributed by atoms with E-state index in [1.54, 1.807) is 4.44 Å². The number of anilines is 2. The van der Waals surface area contributed by atoms with E-state index in [2.05, 4.69) is 43.3 Å². The Morgan fingerprint density at radius 3 is 2.74 bits per heavy atom. The van der Waals surface area contributed by atoms with Gasteiger partial charge in [-0.25, -0.2) is 0 Å². The number of hydrogen-bond donors (Lipinski definition) is 2. The topological polar surface area (TPSA) is 40.7 Å². The molecule has 4 rings (SSSR count). The van der Waals surface area contributed by atoms with Crippen LogP contribution in [0.15, 0.2) is 28.7 Å². The Bertz CT molecular complexity index is 914. The van der Waals surface area contributed by atoms with E-state index in [-0.39, 0.29) is 0 Å². The van der Waals surface area contributed by atoms with Gasteiger partial charge < -0.3 is 0 Å². The van der Waals surface area contributed by atoms with Crippen LogP contribution in [-0.4, -0.2) is 24.5 Å². The summed E-state index contributed by atoms with van der Waals surface area (Å²) in [6, 6.07) is 8.21. The van der Waals surface area contributed by atoms with Gasteiger partial charge in [-0.3, -0.25) is 0 Å². The molecule has 23 heavy (non-hydrogen) atoms. The number of aromatic amines is 1. The summed E-state index contributed by atoms with van der Waals surface area (Å²) >= 11 is 9.17. The Morgan fingerprint density at radius 2 is 1.91 bits per heavy atom. The normalized spacial score (nSPS) is 14.5. The molecular formula is C17H16BrN3SSe. The van der Waals surface area contributed by atoms with Crippen LogP contribution in [0.1, 0.15) is 29.3 Å². The third-order valence-electron chi connectivity index (χ3n) is 4.20. The molecule has 1 aliphatic rings. The summed E-state index contributed by atoms with van der Waals surface area (Å²) < 4.78 is 4.48. The molecule has 6 heteroatoms. The fourth-order valence-corrected chi connectivity index (χ4v) is 6.38. The molecule has 0 spiro atoms. The van der Waals surface area contributed by atoms with Gasteiger partial charge >= 0.3 is 155 Å². The van der Waals surface area contributed by atoms with Crippen molar-refractivity contribution in [2.24, 2.45) is 0 Å². The molecule has 0 radical (unpaired) electrons. The number of H-pyrrole nitrogens is 1. The maximum atomic E-state index is 5.35. The summed E-state index contributed by atoms with van der Waals surface area (Å²) in [7, 11) is 0. The van der Waals surface area contributed by atoms with Gasteiger partial charge in [-0.15, -0.1) is 0 Å². The molecular weight excluding hydrogens is 437 g/mol. The summed E-state index contributed by atoms with van der Waals surface area (Å²) in [6.45, 7) is 0. The summed E-state index contributed by atoms with van der Waals surface area (Å²) in [5.74, 6) is 1.01. The van der Waals surface area contributed by atoms with Crippen molar-refractivity contribution in [3.63, 3.8) is 0 Å². The van der Waals surface area contributed by atoms with Crippen LogP contribution < -0.4 is 5.32 Å². The van der Waals surface area contributed by atoms with Crippen molar-refractivity contribution < 1.29 is 0 Å². The molecule has 1 aromatic carbocycles. The summed E-state index contributed by atoms with van der Waals surface area (Å²) in [5.41, 5.74) is 2.58. The number of benzene rings is 1. The standard InChI is InChI=1S/C17H16BrN3SSe/c18-10-6-8-11(9-7-10)19-15-14-12-4-2-1-3-5-13(12)23-16(14)21-17(22)20-15/h6-9H,1-5H2,(H2,19,20,21,22). The molecule has 2 heterocycles. The number of nitrogens with one attached hydrogen (secondary N) is 2. The van der Waals surface area contributed by atoms with Crippen LogP contribution in [0.2, 0.25) is 0 Å². The van der Waals surface area contributed by atoms with E-state index in [9.17, 15) is 0 Å². The predicted octanol–water partition coefficient (Wildman–Crippen LogP) is 5.12. The molecule has 0 fully saturated rings. The molecule has 2 N–H and O–H groups in total. The zero-order valence-corrected chi connectivity index (χ0v) is 16.6. The molecule has 0 saturated carbocycles. The Labute approximate surface area is 154 Å². The van der Waals surface area contributed by atoms with Crippen LogP contribution in [0.4, 0.5) is 11.5 Å². The fraction of sp³-hybridized carbons (Fsp3) is 0.294. The van der Waals surface area contributed by atoms with E-state index in [0.717, 1.165) is 16.0 Å². The summed E-state index contributed by atoms with van der Waals surface area (Å²) in [5, 5.41) is 4.81. The molecule has 0 bridgehead atoms. The first kappa shape index (κ1) is 15.6. The fourth-order valence-electron chi connectivity index (χ4n) is 3.13. The van der Waals surface area contributed by atoms with Crippen LogP contribution in [-0.2, 0) is 12.8 Å². The van der Waals surface area contributed by atoms with E-state index >= 15 is 0 Å². The van der Waals surface area contributed by atoms with Crippen LogP contribution in [0.25, 0.3) is 9.78 Å². The quantitative estimate of drug-likeness (QED) is 0.322. The molecule has 3 aromatic rings. The second-order valence-electron chi connectivity index (χ2n) is 5.79. The molecule has 0 amide bonds. The van der Waals surface area contributed by atoms with Crippen molar-refractivity contribution in [2.45, 2.75) is 32.1 Å². The van der Waals surface area contributed by atoms with Gasteiger partial charge in [0.25, 0.3) is 0 Å². The van der Waals surface area contributed by atoms with Crippen molar-refractivity contribution in [2.75, 3.05) is 5.32 Å². The van der Waals surface area contributed by atoms with Crippen LogP contribution >= 0.6 is 28.1 Å². The van der Waals surface area contributed by atoms with Gasteiger partial charge in [0, 0.05) is 0 Å². The molecule has 118 valence electrons. The van der Waals surface area contributed by atoms with E-state index in [1.165, 1.54) is 47.4 Å². The first-order valence-electron chi connectivity index (χ1n) is 7.78. The van der Waals surface area contributed by atoms with Gasteiger partial charge in [0.2, 0.25) is 0 Å². The maximum absolute atomic E-state index is 5.35. The second kappa shape index (κ2) is 6.52. The van der Waals surface area contributed by atoms with Crippen molar-refractivity contribution >= 4 is 63.9 Å². The Kier molecular flexibility index (Phi) is 4.41. The van der Waals surface area contributed by atoms with Gasteiger partial charge in [0.05, 0.1) is 0 Å². The molecule has 0 aliphatic heterocycles. The number of aryl methyl sites for hydroxylation is 2. The average molecular weight is 453 g/mol. The van der Waals surface area contributed by atoms with Crippen LogP contribution in [0.5, 0.6) is 0 Å². The van der Waals surface area contributed by atoms with E-state index in [4.69, 9.17) is 12.2 Å². The summed E-state index contributed by atoms with van der Waals surface area (Å²) in [6.07, 6.45) is 6.34. The minimum absolute atomic E-state index is 0.341. The monoisotopic (exact) mass is 453 g/mol. The van der Waals surface area contributed by atoms with Crippen molar-refractivity contribution in [1.29, 1.82) is 0 Å². The Balaban J connectivity index is 1.85. The zero-order chi connectivity index (χ0) is 15.8. The molecule has 0 atom stereocenters. The molecule has 3 nitrogen and oxygen atoms in total. The zero-order valence-electron chi connectivity index (χ0n) is 12.5. The van der Waals surface area contributed by atoms with Crippen molar-refractivity contribution in [3.05, 3.63) is 43.5 Å². The van der Waals surface area contributed by atoms with Crippen molar-refractivity contribution in [3.8, 4) is 0 Å². The number of hydrogen-bond acceptors (Lipinski definition) is 3. The number of halogens is 1. The van der Waals surface area contributed by atoms with Gasteiger partial charge in [-0.05, 0) is 0 Å². The molecule has 2 aromatic heterocycles. The predicted molar refractivity (Wildman–Crippen MR) is 103 cm³/mol. The van der Waals surface area contributed by atoms with Gasteiger partial charge in [0.15, 0.2) is 0 Å². The molecule has 1 aliphatic carbocycles. The van der Waals surface area contributed by atoms with E-state index in [0.29, 0.717) is 19.3 Å². The first-order valence-corrected chi connectivity index (χ1v) is 10.7. The van der Waals surface area contributed by atoms with E-state index < -0.39 is 0 Å². The van der Waals surface area contributed by atoms with Gasteiger partial charge in [0.1, 0.15) is 0 Å². The number of fused-ring (bicyclic) bond motifs is 3.